The Morgan fingerprint density at radius 2 is 1.53 bits per heavy atom. The van der Waals surface area contributed by atoms with E-state index in [4.69, 9.17) is 23.7 Å². The summed E-state index contributed by atoms with van der Waals surface area (Å²) in [5.41, 5.74) is 1.08. The van der Waals surface area contributed by atoms with E-state index >= 15 is 0 Å². The van der Waals surface area contributed by atoms with Gasteiger partial charge in [0.25, 0.3) is 0 Å². The Balaban J connectivity index is 0.975. The van der Waals surface area contributed by atoms with Crippen molar-refractivity contribution in [1.82, 2.24) is 0 Å². The van der Waals surface area contributed by atoms with Gasteiger partial charge in [0.05, 0.1) is 25.4 Å². The zero-order valence-corrected chi connectivity index (χ0v) is 27.0. The van der Waals surface area contributed by atoms with Gasteiger partial charge in [-0.2, -0.15) is 0 Å². The third kappa shape index (κ3) is 3.27. The summed E-state index contributed by atoms with van der Waals surface area (Å²) >= 11 is 0. The number of hydrogen-bond acceptors (Lipinski definition) is 8. The third-order valence-corrected chi connectivity index (χ3v) is 16.3. The van der Waals surface area contributed by atoms with Crippen molar-refractivity contribution in [2.75, 3.05) is 13.2 Å². The highest BCUT2D eigenvalue weighted by Crippen LogP contribution is 2.89. The Kier molecular flexibility index (Phi) is 5.63. The van der Waals surface area contributed by atoms with E-state index in [0.29, 0.717) is 41.1 Å². The van der Waals surface area contributed by atoms with Gasteiger partial charge in [-0.3, -0.25) is 0 Å². The van der Waals surface area contributed by atoms with Crippen molar-refractivity contribution in [2.45, 2.75) is 154 Å². The minimum atomic E-state index is -1.24. The Morgan fingerprint density at radius 3 is 2.26 bits per heavy atom. The van der Waals surface area contributed by atoms with E-state index in [-0.39, 0.29) is 46.8 Å². The molecule has 3 spiro atoms. The smallest absolute Gasteiger partial charge is 0.198 e. The van der Waals surface area contributed by atoms with Gasteiger partial charge in [-0.25, -0.2) is 0 Å². The van der Waals surface area contributed by atoms with Crippen LogP contribution in [0.5, 0.6) is 0 Å². The zero-order chi connectivity index (χ0) is 30.2. The first-order valence-electron chi connectivity index (χ1n) is 17.5. The molecule has 0 amide bonds. The lowest BCUT2D eigenvalue weighted by molar-refractivity contribution is -0.305. The average Bonchev–Trinajstić information content (AvgIpc) is 3.77. The van der Waals surface area contributed by atoms with Gasteiger partial charge in [0.15, 0.2) is 12.1 Å². The quantitative estimate of drug-likeness (QED) is 0.319. The summed E-state index contributed by atoms with van der Waals surface area (Å²) in [5.74, 6) is 1.86. The number of fused-ring (bicyclic) bond motifs is 6. The Morgan fingerprint density at radius 1 is 0.791 bits per heavy atom. The predicted octanol–water partition coefficient (Wildman–Crippen LogP) is 4.17. The van der Waals surface area contributed by atoms with Crippen LogP contribution in [0.25, 0.3) is 0 Å². The second-order valence-corrected chi connectivity index (χ2v) is 18.2. The molecular formula is C35H54O8. The molecule has 9 rings (SSSR count). The highest BCUT2D eigenvalue weighted by Gasteiger charge is 2.84. The minimum absolute atomic E-state index is 0.0177. The van der Waals surface area contributed by atoms with Crippen LogP contribution in [0.4, 0.5) is 0 Å². The summed E-state index contributed by atoms with van der Waals surface area (Å²) in [5, 5.41) is 30.8. The first kappa shape index (κ1) is 28.9. The zero-order valence-electron chi connectivity index (χ0n) is 27.0. The van der Waals surface area contributed by atoms with E-state index in [2.05, 4.69) is 41.5 Å². The maximum absolute atomic E-state index is 10.6. The summed E-state index contributed by atoms with van der Waals surface area (Å²) in [6, 6.07) is 0. The number of rotatable bonds is 2. The summed E-state index contributed by atoms with van der Waals surface area (Å²) in [6.45, 7) is 15.3. The maximum Gasteiger partial charge on any atom is 0.198 e. The molecule has 0 aromatic rings. The molecule has 17 atom stereocenters. The van der Waals surface area contributed by atoms with Crippen LogP contribution in [0.15, 0.2) is 0 Å². The van der Waals surface area contributed by atoms with E-state index < -0.39 is 30.4 Å². The molecule has 0 unspecified atom stereocenters. The highest BCUT2D eigenvalue weighted by atomic mass is 16.8. The van der Waals surface area contributed by atoms with Gasteiger partial charge in [0, 0.05) is 6.42 Å². The van der Waals surface area contributed by atoms with E-state index in [0.717, 1.165) is 25.7 Å². The molecule has 9 fully saturated rings. The van der Waals surface area contributed by atoms with Gasteiger partial charge in [-0.05, 0) is 109 Å². The molecule has 8 heteroatoms. The van der Waals surface area contributed by atoms with Gasteiger partial charge in [-0.15, -0.1) is 0 Å². The number of aliphatic hydroxyl groups excluding tert-OH is 3. The van der Waals surface area contributed by atoms with Crippen molar-refractivity contribution in [3.8, 4) is 0 Å². The summed E-state index contributed by atoms with van der Waals surface area (Å²) in [4.78, 5) is 0. The Bertz CT molecular complexity index is 1210. The van der Waals surface area contributed by atoms with Crippen LogP contribution in [0, 0.1) is 50.7 Å². The molecule has 0 bridgehead atoms. The maximum atomic E-state index is 10.6. The van der Waals surface area contributed by atoms with Crippen LogP contribution in [0.3, 0.4) is 0 Å². The summed E-state index contributed by atoms with van der Waals surface area (Å²) < 4.78 is 31.9. The van der Waals surface area contributed by atoms with Crippen molar-refractivity contribution in [2.24, 2.45) is 50.7 Å². The predicted molar refractivity (Wildman–Crippen MR) is 156 cm³/mol. The van der Waals surface area contributed by atoms with E-state index in [9.17, 15) is 15.3 Å². The van der Waals surface area contributed by atoms with Crippen molar-refractivity contribution in [3.05, 3.63) is 0 Å². The van der Waals surface area contributed by atoms with Gasteiger partial charge < -0.3 is 39.0 Å². The summed E-state index contributed by atoms with van der Waals surface area (Å²) in [6.07, 6.45) is 6.47. The van der Waals surface area contributed by atoms with E-state index in [1.807, 2.05) is 0 Å². The van der Waals surface area contributed by atoms with Crippen molar-refractivity contribution in [1.29, 1.82) is 0 Å². The van der Waals surface area contributed by atoms with Crippen molar-refractivity contribution >= 4 is 0 Å². The fourth-order valence-electron chi connectivity index (χ4n) is 14.2. The van der Waals surface area contributed by atoms with Gasteiger partial charge >= 0.3 is 0 Å². The lowest BCUT2D eigenvalue weighted by atomic mass is 9.41. The van der Waals surface area contributed by atoms with E-state index in [1.54, 1.807) is 0 Å². The number of ether oxygens (including phenoxy) is 5. The lowest BCUT2D eigenvalue weighted by Crippen LogP contribution is -2.60. The topological polar surface area (TPSA) is 110 Å². The third-order valence-electron chi connectivity index (χ3n) is 16.3. The molecule has 0 aromatic carbocycles. The van der Waals surface area contributed by atoms with Gasteiger partial charge in [0.1, 0.15) is 30.0 Å². The largest absolute Gasteiger partial charge is 0.388 e. The van der Waals surface area contributed by atoms with Crippen LogP contribution in [0.2, 0.25) is 0 Å². The van der Waals surface area contributed by atoms with Crippen LogP contribution >= 0.6 is 0 Å². The van der Waals surface area contributed by atoms with Crippen molar-refractivity contribution in [3.63, 3.8) is 0 Å². The highest BCUT2D eigenvalue weighted by molar-refractivity contribution is 5.32. The molecule has 8 nitrogen and oxygen atoms in total. The fraction of sp³-hybridized carbons (Fsp3) is 1.00. The second kappa shape index (κ2) is 8.39. The molecule has 4 saturated heterocycles. The number of hydrogen-bond donors (Lipinski definition) is 3. The SMILES string of the molecule is C[C@@H]1C[C@]2(OC[C@]3(C)O[C@H]23)O[C@H]2C[C@@]3(C)[C@@H]4CC[C@H]5C(C)(C)[C@@H](O[C@@H]6OC[C@@H](O)[C@H](O)[C@H]6O)CC[C@@]56C[C@@]46CC[C@]3(C)[C@@H]12. The molecule has 5 aliphatic carbocycles. The van der Waals surface area contributed by atoms with Crippen LogP contribution in [0.1, 0.15) is 99.3 Å². The molecule has 5 saturated carbocycles. The first-order chi connectivity index (χ1) is 20.2. The first-order valence-corrected chi connectivity index (χ1v) is 17.5. The van der Waals surface area contributed by atoms with Crippen LogP contribution in [-0.2, 0) is 23.7 Å². The van der Waals surface area contributed by atoms with E-state index in [1.165, 1.54) is 32.1 Å². The molecule has 4 heterocycles. The Hall–Kier alpha value is -0.320. The normalized spacial score (nSPS) is 65.9. The Labute approximate surface area is 256 Å². The average molecular weight is 603 g/mol. The minimum Gasteiger partial charge on any atom is -0.388 e. The molecule has 242 valence electrons. The standard InChI is InChI=1S/C35H54O8/c1-18-13-35(28-32(6,43-28)17-40-35)42-20-14-31(5)22-8-7-21-29(2,3)23(41-27-26(38)25(37)19(36)15-39-27)9-10-33(21)16-34(22,33)12-11-30(31,4)24(18)20/h18-28,36-38H,7-17H2,1-6H3/t18-,19-,20+,21+,22+,23+,24+,25+,26-,27+,28+,30-,31+,32+,33-,34+,35+/m1/s1. The molecule has 9 aliphatic rings. The van der Waals surface area contributed by atoms with Gasteiger partial charge in [0.2, 0.25) is 0 Å². The van der Waals surface area contributed by atoms with Gasteiger partial charge in [-0.1, -0.05) is 34.6 Å². The monoisotopic (exact) mass is 602 g/mol. The number of aliphatic hydroxyl groups is 3. The second-order valence-electron chi connectivity index (χ2n) is 18.2. The molecular weight excluding hydrogens is 548 g/mol. The van der Waals surface area contributed by atoms with Crippen LogP contribution < -0.4 is 0 Å². The number of epoxide rings is 1. The molecule has 4 aliphatic heterocycles. The summed E-state index contributed by atoms with van der Waals surface area (Å²) in [7, 11) is 0. The molecule has 0 radical (unpaired) electrons. The fourth-order valence-corrected chi connectivity index (χ4v) is 14.2. The molecule has 0 aromatic heterocycles. The van der Waals surface area contributed by atoms with Crippen molar-refractivity contribution < 1.29 is 39.0 Å². The molecule has 3 N–H and O–H groups in total. The lowest BCUT2D eigenvalue weighted by Gasteiger charge is -2.63. The molecule has 43 heavy (non-hydrogen) atoms. The van der Waals surface area contributed by atoms with Crippen LogP contribution in [-0.4, -0.2) is 82.8 Å².